The van der Waals surface area contributed by atoms with Crippen molar-refractivity contribution in [2.45, 2.75) is 96.8 Å². The molecule has 0 amide bonds. The lowest BCUT2D eigenvalue weighted by Crippen LogP contribution is -2.02. The van der Waals surface area contributed by atoms with Gasteiger partial charge in [0.2, 0.25) is 0 Å². The van der Waals surface area contributed by atoms with E-state index in [2.05, 4.69) is 39.1 Å². The van der Waals surface area contributed by atoms with Crippen molar-refractivity contribution < 1.29 is 4.79 Å². The summed E-state index contributed by atoms with van der Waals surface area (Å²) in [6, 6.07) is 0. The van der Waals surface area contributed by atoms with Gasteiger partial charge in [-0.2, -0.15) is 0 Å². The normalized spacial score (nSPS) is 12.2. The topological polar surface area (TPSA) is 17.1 Å². The molecule has 0 heterocycles. The van der Waals surface area contributed by atoms with Gasteiger partial charge >= 0.3 is 0 Å². The van der Waals surface area contributed by atoms with Crippen LogP contribution in [-0.2, 0) is 4.79 Å². The molecule has 0 saturated heterocycles. The number of hydrogen-bond donors (Lipinski definition) is 0. The molecule has 0 unspecified atom stereocenters. The van der Waals surface area contributed by atoms with Crippen molar-refractivity contribution >= 4 is 12.8 Å². The van der Waals surface area contributed by atoms with Crippen molar-refractivity contribution in [3.05, 3.63) is 12.2 Å². The maximum atomic E-state index is 11.8. The molecular weight excluding hydrogens is 299 g/mol. The van der Waals surface area contributed by atoms with E-state index >= 15 is 0 Å². The molecule has 2 heteroatoms. The van der Waals surface area contributed by atoms with Gasteiger partial charge in [0.05, 0.1) is 27.3 Å². The van der Waals surface area contributed by atoms with Crippen LogP contribution in [0, 0.1) is 0 Å². The van der Waals surface area contributed by atoms with Crippen molar-refractivity contribution in [1.82, 2.24) is 0 Å². The van der Waals surface area contributed by atoms with Gasteiger partial charge in [-0.1, -0.05) is 70.4 Å². The average Bonchev–Trinajstić information content (AvgIpc) is 2.50. The highest BCUT2D eigenvalue weighted by Crippen LogP contribution is 2.48. The molecule has 0 aliphatic carbocycles. The number of carbonyl (C=O) groups excluding carboxylic acids is 1. The molecule has 0 aromatic heterocycles. The van der Waals surface area contributed by atoms with E-state index in [9.17, 15) is 4.79 Å². The van der Waals surface area contributed by atoms with E-state index in [4.69, 9.17) is 0 Å². The van der Waals surface area contributed by atoms with Crippen LogP contribution < -0.4 is 0 Å². The molecule has 1 nitrogen and oxygen atoms in total. The summed E-state index contributed by atoms with van der Waals surface area (Å²) >= 11 is 0. The summed E-state index contributed by atoms with van der Waals surface area (Å²) in [6.07, 6.45) is 22.7. The summed E-state index contributed by atoms with van der Waals surface area (Å²) in [5.74, 6) is 0. The minimum Gasteiger partial charge on any atom is -0.253 e. The van der Waals surface area contributed by atoms with Crippen LogP contribution in [0.1, 0.15) is 96.8 Å². The number of unbranched alkanes of at least 4 members (excludes halogenated alkanes) is 11. The molecule has 0 N–H and O–H groups in total. The first-order valence-electron chi connectivity index (χ1n) is 9.98. The van der Waals surface area contributed by atoms with Gasteiger partial charge in [-0.05, 0) is 32.1 Å². The molecule has 23 heavy (non-hydrogen) atoms. The summed E-state index contributed by atoms with van der Waals surface area (Å²) in [7, 11) is -1.24. The highest BCUT2D eigenvalue weighted by molar-refractivity contribution is 7.89. The number of carbonyl (C=O) groups is 1. The van der Waals surface area contributed by atoms with E-state index in [0.717, 1.165) is 12.8 Å². The fraction of sp³-hybridized carbons (Fsp3) is 0.857. The molecule has 0 aromatic carbocycles. The highest BCUT2D eigenvalue weighted by Gasteiger charge is 2.27. The first kappa shape index (κ1) is 22.8. The Kier molecular flexibility index (Phi) is 15.3. The minimum absolute atomic E-state index is 0.523. The largest absolute Gasteiger partial charge is 0.266 e. The Morgan fingerprint density at radius 1 is 0.696 bits per heavy atom. The zero-order valence-corrected chi connectivity index (χ0v) is 17.3. The van der Waals surface area contributed by atoms with Crippen molar-refractivity contribution in [2.24, 2.45) is 0 Å². The molecule has 0 bridgehead atoms. The predicted molar refractivity (Wildman–Crippen MR) is 109 cm³/mol. The second-order valence-electron chi connectivity index (χ2n) is 7.74. The third kappa shape index (κ3) is 16.5. The molecule has 0 fully saturated rings. The summed E-state index contributed by atoms with van der Waals surface area (Å²) in [6.45, 7) is 8.67. The van der Waals surface area contributed by atoms with E-state index in [1.807, 2.05) is 0 Å². The molecule has 0 aliphatic heterocycles. The lowest BCUT2D eigenvalue weighted by atomic mass is 10.1. The number of allylic oxidation sites excluding steroid dienone is 2. The van der Waals surface area contributed by atoms with E-state index in [-0.39, 0.29) is 0 Å². The summed E-state index contributed by atoms with van der Waals surface area (Å²) in [4.78, 5) is 11.8. The van der Waals surface area contributed by atoms with Gasteiger partial charge in [-0.15, -0.1) is 0 Å². The zero-order valence-electron chi connectivity index (χ0n) is 16.4. The Labute approximate surface area is 147 Å². The molecule has 0 saturated carbocycles. The van der Waals surface area contributed by atoms with Crippen LogP contribution >= 0.6 is 7.26 Å². The molecule has 136 valence electrons. The van der Waals surface area contributed by atoms with Gasteiger partial charge in [0.25, 0.3) is 5.52 Å². The number of hydrogen-bond acceptors (Lipinski definition) is 1. The fourth-order valence-electron chi connectivity index (χ4n) is 2.68. The Morgan fingerprint density at radius 2 is 1.13 bits per heavy atom. The molecule has 0 rings (SSSR count). The van der Waals surface area contributed by atoms with Gasteiger partial charge in [0.15, 0.2) is 0 Å². The molecule has 0 radical (unpaired) electrons. The maximum absolute atomic E-state index is 11.8. The third-order valence-corrected chi connectivity index (χ3v) is 6.12. The van der Waals surface area contributed by atoms with Crippen LogP contribution in [0.15, 0.2) is 12.2 Å². The molecule has 0 spiro atoms. The zero-order chi connectivity index (χ0) is 17.4. The minimum atomic E-state index is -1.24. The van der Waals surface area contributed by atoms with Crippen LogP contribution in [0.4, 0.5) is 0 Å². The van der Waals surface area contributed by atoms with Crippen LogP contribution in [0.5, 0.6) is 0 Å². The van der Waals surface area contributed by atoms with Crippen molar-refractivity contribution in [1.29, 1.82) is 0 Å². The molecule has 0 aromatic rings. The Bertz CT molecular complexity index is 301. The maximum Gasteiger partial charge on any atom is 0.266 e. The van der Waals surface area contributed by atoms with Gasteiger partial charge < -0.3 is 0 Å². The summed E-state index contributed by atoms with van der Waals surface area (Å²) in [5, 5.41) is 0. The summed E-state index contributed by atoms with van der Waals surface area (Å²) < 4.78 is 0. The first-order chi connectivity index (χ1) is 11.0. The lowest BCUT2D eigenvalue weighted by Gasteiger charge is -2.08. The van der Waals surface area contributed by atoms with Crippen LogP contribution in [0.3, 0.4) is 0 Å². The van der Waals surface area contributed by atoms with Crippen LogP contribution in [0.25, 0.3) is 0 Å². The van der Waals surface area contributed by atoms with Crippen molar-refractivity contribution in [3.8, 4) is 0 Å². The second kappa shape index (κ2) is 15.4. The molecule has 0 aliphatic rings. The highest BCUT2D eigenvalue weighted by atomic mass is 31.2. The summed E-state index contributed by atoms with van der Waals surface area (Å²) in [5.41, 5.74) is 0.523. The van der Waals surface area contributed by atoms with E-state index in [0.29, 0.717) is 5.52 Å². The Balaban J connectivity index is 3.24. The molecular formula is C21H42OP+. The van der Waals surface area contributed by atoms with Crippen molar-refractivity contribution in [2.75, 3.05) is 20.0 Å². The third-order valence-electron chi connectivity index (χ3n) is 4.40. The van der Waals surface area contributed by atoms with Gasteiger partial charge in [-0.25, -0.2) is 0 Å². The smallest absolute Gasteiger partial charge is 0.253 e. The van der Waals surface area contributed by atoms with Gasteiger partial charge in [0, 0.05) is 6.42 Å². The monoisotopic (exact) mass is 341 g/mol. The van der Waals surface area contributed by atoms with Gasteiger partial charge in [0.1, 0.15) is 0 Å². The lowest BCUT2D eigenvalue weighted by molar-refractivity contribution is -0.111. The van der Waals surface area contributed by atoms with E-state index in [1.165, 1.54) is 77.0 Å². The fourth-order valence-corrected chi connectivity index (χ4v) is 3.51. The standard InChI is InChI=1S/C21H42OP/c1-5-6-7-8-9-10-11-12-13-14-15-16-17-18-19-20-21(22)23(2,3)4/h12-13H,5-11,14-20H2,1-4H3/q+1. The Hall–Kier alpha value is -0.160. The van der Waals surface area contributed by atoms with Crippen LogP contribution in [0.2, 0.25) is 0 Å². The van der Waals surface area contributed by atoms with Crippen LogP contribution in [-0.4, -0.2) is 25.5 Å². The molecule has 0 atom stereocenters. The van der Waals surface area contributed by atoms with Gasteiger partial charge in [-0.3, -0.25) is 4.79 Å². The van der Waals surface area contributed by atoms with E-state index in [1.54, 1.807) is 0 Å². The predicted octanol–water partition coefficient (Wildman–Crippen LogP) is 7.46. The number of rotatable bonds is 16. The van der Waals surface area contributed by atoms with E-state index < -0.39 is 7.26 Å². The Morgan fingerprint density at radius 3 is 1.61 bits per heavy atom. The average molecular weight is 342 g/mol. The van der Waals surface area contributed by atoms with Crippen molar-refractivity contribution in [3.63, 3.8) is 0 Å². The second-order valence-corrected chi connectivity index (χ2v) is 12.3. The SMILES string of the molecule is CCCCCCCCC=CCCCCCCCC(=O)[P+](C)(C)C. The first-order valence-corrected chi connectivity index (χ1v) is 13.1. The quantitative estimate of drug-likeness (QED) is 0.162.